The van der Waals surface area contributed by atoms with Gasteiger partial charge in [-0.15, -0.1) is 0 Å². The zero-order valence-corrected chi connectivity index (χ0v) is 18.1. The SMILES string of the molecule is Cn1cccc1P(=Nc1ccc(Br)cc1)(c1cccn1C)c1cccn1C. The van der Waals surface area contributed by atoms with Gasteiger partial charge >= 0.3 is 0 Å². The summed E-state index contributed by atoms with van der Waals surface area (Å²) in [7, 11) is 4.05. The van der Waals surface area contributed by atoms with Crippen molar-refractivity contribution in [3.8, 4) is 0 Å². The summed E-state index contributed by atoms with van der Waals surface area (Å²) in [6, 6.07) is 21.2. The molecule has 0 bridgehead atoms. The van der Waals surface area contributed by atoms with Gasteiger partial charge in [-0.2, -0.15) is 0 Å². The Morgan fingerprint density at radius 3 is 1.41 bits per heavy atom. The lowest BCUT2D eigenvalue weighted by atomic mass is 10.3. The fraction of sp³-hybridized carbons (Fsp3) is 0.143. The van der Waals surface area contributed by atoms with Gasteiger partial charge in [-0.05, 0) is 60.7 Å². The van der Waals surface area contributed by atoms with Gasteiger partial charge in [-0.1, -0.05) is 15.9 Å². The van der Waals surface area contributed by atoms with E-state index < -0.39 is 7.05 Å². The summed E-state index contributed by atoms with van der Waals surface area (Å²) in [5.41, 5.74) is 4.67. The molecule has 1 aromatic carbocycles. The number of nitrogens with zero attached hydrogens (tertiary/aromatic N) is 4. The van der Waals surface area contributed by atoms with E-state index in [-0.39, 0.29) is 0 Å². The highest BCUT2D eigenvalue weighted by molar-refractivity contribution is 9.10. The molecule has 3 heterocycles. The van der Waals surface area contributed by atoms with Crippen LogP contribution in [0.3, 0.4) is 0 Å². The van der Waals surface area contributed by atoms with Crippen LogP contribution in [-0.4, -0.2) is 13.7 Å². The third kappa shape index (κ3) is 3.05. The van der Waals surface area contributed by atoms with Gasteiger partial charge in [0.1, 0.15) is 7.05 Å². The van der Waals surface area contributed by atoms with E-state index in [1.165, 1.54) is 16.3 Å². The van der Waals surface area contributed by atoms with Crippen molar-refractivity contribution in [2.75, 3.05) is 0 Å². The van der Waals surface area contributed by atoms with E-state index in [4.69, 9.17) is 4.74 Å². The summed E-state index contributed by atoms with van der Waals surface area (Å²) in [4.78, 5) is 0. The summed E-state index contributed by atoms with van der Waals surface area (Å²) in [6.07, 6.45) is 6.31. The fourth-order valence-electron chi connectivity index (χ4n) is 3.55. The summed E-state index contributed by atoms with van der Waals surface area (Å²) in [6.45, 7) is 0. The van der Waals surface area contributed by atoms with Gasteiger partial charge < -0.3 is 13.7 Å². The van der Waals surface area contributed by atoms with Crippen LogP contribution < -0.4 is 16.3 Å². The topological polar surface area (TPSA) is 27.1 Å². The van der Waals surface area contributed by atoms with Crippen molar-refractivity contribution in [3.63, 3.8) is 0 Å². The summed E-state index contributed by atoms with van der Waals surface area (Å²) in [5.74, 6) is 0. The van der Waals surface area contributed by atoms with Gasteiger partial charge in [-0.3, -0.25) is 0 Å². The molecule has 0 saturated carbocycles. The smallest absolute Gasteiger partial charge is 0.108 e. The lowest BCUT2D eigenvalue weighted by Crippen LogP contribution is -2.34. The first-order chi connectivity index (χ1) is 13.0. The number of halogens is 1. The van der Waals surface area contributed by atoms with E-state index in [2.05, 4.69) is 130 Å². The van der Waals surface area contributed by atoms with Crippen LogP contribution in [0.2, 0.25) is 0 Å². The highest BCUT2D eigenvalue weighted by Gasteiger charge is 2.33. The Morgan fingerprint density at radius 1 is 0.667 bits per heavy atom. The lowest BCUT2D eigenvalue weighted by Gasteiger charge is -2.27. The number of aromatic nitrogens is 3. The minimum Gasteiger partial charge on any atom is -0.349 e. The average molecular weight is 441 g/mol. The fourth-order valence-corrected chi connectivity index (χ4v) is 7.78. The summed E-state index contributed by atoms with van der Waals surface area (Å²) in [5, 5.41) is 0. The van der Waals surface area contributed by atoms with E-state index in [1.807, 2.05) is 0 Å². The molecule has 27 heavy (non-hydrogen) atoms. The molecule has 0 fully saturated rings. The molecule has 0 aliphatic heterocycles. The third-order valence-electron chi connectivity index (χ3n) is 4.84. The molecule has 0 aliphatic rings. The van der Waals surface area contributed by atoms with Crippen molar-refractivity contribution < 1.29 is 0 Å². The maximum Gasteiger partial charge on any atom is 0.108 e. The van der Waals surface area contributed by atoms with E-state index in [0.29, 0.717) is 0 Å². The third-order valence-corrected chi connectivity index (χ3v) is 9.28. The van der Waals surface area contributed by atoms with Crippen LogP contribution in [0, 0.1) is 0 Å². The van der Waals surface area contributed by atoms with Crippen LogP contribution >= 0.6 is 23.0 Å². The van der Waals surface area contributed by atoms with Crippen LogP contribution in [0.5, 0.6) is 0 Å². The highest BCUT2D eigenvalue weighted by Crippen LogP contribution is 2.49. The average Bonchev–Trinajstić information content (AvgIpc) is 3.37. The van der Waals surface area contributed by atoms with Crippen LogP contribution in [-0.2, 0) is 21.1 Å². The molecule has 6 heteroatoms. The number of rotatable bonds is 4. The van der Waals surface area contributed by atoms with Crippen molar-refractivity contribution in [1.82, 2.24) is 13.7 Å². The van der Waals surface area contributed by atoms with Crippen LogP contribution in [0.4, 0.5) is 5.69 Å². The zero-order valence-electron chi connectivity index (χ0n) is 15.6. The number of hydrogen-bond donors (Lipinski definition) is 0. The second-order valence-corrected chi connectivity index (χ2v) is 10.4. The maximum atomic E-state index is 5.47. The van der Waals surface area contributed by atoms with E-state index >= 15 is 0 Å². The standard InChI is InChI=1S/C21H22BrN4P/c1-24-14-4-7-19(24)27(20-8-5-15-25(20)2,21-9-6-16-26(21)3)23-18-12-10-17(22)11-13-18/h4-16H,1-3H3. The Kier molecular flexibility index (Phi) is 4.75. The molecule has 0 atom stereocenters. The molecule has 3 aromatic heterocycles. The Morgan fingerprint density at radius 2 is 1.07 bits per heavy atom. The van der Waals surface area contributed by atoms with Crippen LogP contribution in [0.1, 0.15) is 0 Å². The normalized spacial score (nSPS) is 11.7. The first kappa shape index (κ1) is 18.1. The van der Waals surface area contributed by atoms with Crippen molar-refractivity contribution in [1.29, 1.82) is 0 Å². The van der Waals surface area contributed by atoms with Gasteiger partial charge in [0, 0.05) is 44.2 Å². The molecule has 0 saturated heterocycles. The molecule has 0 unspecified atom stereocenters. The Hall–Kier alpha value is -2.23. The van der Waals surface area contributed by atoms with E-state index in [9.17, 15) is 0 Å². The van der Waals surface area contributed by atoms with Crippen molar-refractivity contribution in [3.05, 3.63) is 83.7 Å². The molecule has 0 aliphatic carbocycles. The Bertz CT molecular complexity index is 1030. The van der Waals surface area contributed by atoms with Crippen LogP contribution in [0.15, 0.2) is 88.5 Å². The Balaban J connectivity index is 2.17. The number of benzene rings is 1. The molecule has 138 valence electrons. The number of aryl methyl sites for hydroxylation is 3. The predicted molar refractivity (Wildman–Crippen MR) is 118 cm³/mol. The zero-order chi connectivity index (χ0) is 19.0. The first-order valence-electron chi connectivity index (χ1n) is 8.76. The lowest BCUT2D eigenvalue weighted by molar-refractivity contribution is 0.939. The second kappa shape index (κ2) is 7.06. The van der Waals surface area contributed by atoms with Gasteiger partial charge in [0.2, 0.25) is 0 Å². The molecule has 4 aromatic rings. The molecule has 4 nitrogen and oxygen atoms in total. The monoisotopic (exact) mass is 440 g/mol. The summed E-state index contributed by atoms with van der Waals surface area (Å²) < 4.78 is 13.1. The molecule has 0 N–H and O–H groups in total. The van der Waals surface area contributed by atoms with E-state index in [0.717, 1.165) is 10.2 Å². The van der Waals surface area contributed by atoms with Gasteiger partial charge in [0.15, 0.2) is 0 Å². The maximum absolute atomic E-state index is 5.47. The largest absolute Gasteiger partial charge is 0.349 e. The second-order valence-electron chi connectivity index (χ2n) is 6.64. The Labute approximate surface area is 168 Å². The molecular weight excluding hydrogens is 419 g/mol. The quantitative estimate of drug-likeness (QED) is 0.423. The molecular formula is C21H22BrN4P. The van der Waals surface area contributed by atoms with Gasteiger partial charge in [0.05, 0.1) is 22.0 Å². The molecule has 0 amide bonds. The number of hydrogen-bond acceptors (Lipinski definition) is 1. The van der Waals surface area contributed by atoms with Gasteiger partial charge in [-0.25, -0.2) is 4.74 Å². The van der Waals surface area contributed by atoms with Gasteiger partial charge in [0.25, 0.3) is 0 Å². The minimum absolute atomic E-state index is 0.982. The van der Waals surface area contributed by atoms with Crippen molar-refractivity contribution >= 4 is 45.0 Å². The molecule has 0 radical (unpaired) electrons. The highest BCUT2D eigenvalue weighted by atomic mass is 79.9. The molecule has 4 rings (SSSR count). The minimum atomic E-state index is -2.26. The van der Waals surface area contributed by atoms with Crippen LogP contribution in [0.25, 0.3) is 0 Å². The van der Waals surface area contributed by atoms with Crippen molar-refractivity contribution in [2.45, 2.75) is 0 Å². The summed E-state index contributed by atoms with van der Waals surface area (Å²) >= 11 is 3.53. The van der Waals surface area contributed by atoms with E-state index in [1.54, 1.807) is 0 Å². The first-order valence-corrected chi connectivity index (χ1v) is 11.3. The predicted octanol–water partition coefficient (Wildman–Crippen LogP) is 4.27. The van der Waals surface area contributed by atoms with Crippen molar-refractivity contribution in [2.24, 2.45) is 25.9 Å². The molecule has 0 spiro atoms.